The molecule has 36 heavy (non-hydrogen) atoms. The highest BCUT2D eigenvalue weighted by Crippen LogP contribution is 2.37. The number of rotatable bonds is 7. The molecule has 1 N–H and O–H groups in total. The van der Waals surface area contributed by atoms with Crippen molar-refractivity contribution in [3.8, 4) is 11.3 Å². The van der Waals surface area contributed by atoms with Crippen LogP contribution in [0.1, 0.15) is 54.7 Å². The van der Waals surface area contributed by atoms with Crippen molar-refractivity contribution in [3.63, 3.8) is 0 Å². The van der Waals surface area contributed by atoms with E-state index in [2.05, 4.69) is 20.5 Å². The van der Waals surface area contributed by atoms with E-state index in [0.29, 0.717) is 30.6 Å². The molecule has 188 valence electrons. The molecule has 2 unspecified atom stereocenters. The van der Waals surface area contributed by atoms with Crippen LogP contribution in [0, 0.1) is 5.92 Å². The second-order valence-corrected chi connectivity index (χ2v) is 8.87. The van der Waals surface area contributed by atoms with Gasteiger partial charge in [0.1, 0.15) is 6.10 Å². The summed E-state index contributed by atoms with van der Waals surface area (Å²) in [5.41, 5.74) is 1.89. The predicted octanol–water partition coefficient (Wildman–Crippen LogP) is 4.82. The molecule has 0 fully saturated rings. The summed E-state index contributed by atoms with van der Waals surface area (Å²) in [7, 11) is 0. The zero-order chi connectivity index (χ0) is 25.7. The van der Waals surface area contributed by atoms with Gasteiger partial charge in [0.05, 0.1) is 23.4 Å². The Morgan fingerprint density at radius 3 is 2.69 bits per heavy atom. The summed E-state index contributed by atoms with van der Waals surface area (Å²) in [5.74, 6) is -0.647. The number of aromatic nitrogens is 3. The van der Waals surface area contributed by atoms with Crippen molar-refractivity contribution in [2.45, 2.75) is 51.4 Å². The first-order chi connectivity index (χ1) is 17.2. The number of hydrogen-bond donors (Lipinski definition) is 1. The summed E-state index contributed by atoms with van der Waals surface area (Å²) in [6.45, 7) is 2.31. The average Bonchev–Trinajstić information content (AvgIpc) is 2.86. The first-order valence-corrected chi connectivity index (χ1v) is 11.6. The highest BCUT2D eigenvalue weighted by Gasteiger charge is 2.32. The first kappa shape index (κ1) is 25.3. The SMILES string of the molecule is CC1Cc2nnc(-c3cccc(C(F)(F)F)c3)cc2C(OC(=O)CCC(=O)NCc2cccnc2)C1. The Balaban J connectivity index is 1.42. The molecule has 7 nitrogen and oxygen atoms in total. The topological polar surface area (TPSA) is 94.1 Å². The molecule has 1 aliphatic carbocycles. The van der Waals surface area contributed by atoms with Crippen molar-refractivity contribution >= 4 is 11.9 Å². The van der Waals surface area contributed by atoms with Crippen LogP contribution in [0.2, 0.25) is 0 Å². The minimum absolute atomic E-state index is 0.0295. The van der Waals surface area contributed by atoms with Gasteiger partial charge in [0, 0.05) is 36.5 Å². The van der Waals surface area contributed by atoms with Gasteiger partial charge in [-0.1, -0.05) is 25.1 Å². The normalized spacial score (nSPS) is 17.2. The molecule has 10 heteroatoms. The third kappa shape index (κ3) is 6.44. The maximum Gasteiger partial charge on any atom is 0.416 e. The van der Waals surface area contributed by atoms with Crippen LogP contribution in [0.5, 0.6) is 0 Å². The fraction of sp³-hybridized carbons (Fsp3) is 0.346. The quantitative estimate of drug-likeness (QED) is 0.470. The van der Waals surface area contributed by atoms with Gasteiger partial charge in [0.15, 0.2) is 0 Å². The van der Waals surface area contributed by atoms with Crippen molar-refractivity contribution in [2.24, 2.45) is 5.92 Å². The minimum atomic E-state index is -4.48. The van der Waals surface area contributed by atoms with Gasteiger partial charge in [-0.05, 0) is 48.6 Å². The third-order valence-electron chi connectivity index (χ3n) is 5.94. The molecule has 3 aromatic rings. The fourth-order valence-corrected chi connectivity index (χ4v) is 4.11. The Morgan fingerprint density at radius 2 is 1.94 bits per heavy atom. The maximum atomic E-state index is 13.1. The highest BCUT2D eigenvalue weighted by molar-refractivity contribution is 5.81. The van der Waals surface area contributed by atoms with Crippen LogP contribution < -0.4 is 5.32 Å². The van der Waals surface area contributed by atoms with Crippen LogP contribution in [-0.4, -0.2) is 27.1 Å². The number of fused-ring (bicyclic) bond motifs is 1. The second-order valence-electron chi connectivity index (χ2n) is 8.87. The standard InChI is InChI=1S/C26H25F3N4O3/c1-16-10-22-20(13-21(32-33-22)18-5-2-6-19(12-18)26(27,28)29)23(11-16)36-25(35)8-7-24(34)31-15-17-4-3-9-30-14-17/h2-6,9,12-14,16,23H,7-8,10-11,15H2,1H3,(H,31,34). The summed E-state index contributed by atoms with van der Waals surface area (Å²) in [5, 5.41) is 11.1. The molecule has 1 amide bonds. The smallest absolute Gasteiger partial charge is 0.416 e. The number of esters is 1. The molecule has 1 aromatic carbocycles. The molecular formula is C26H25F3N4O3. The number of hydrogen-bond acceptors (Lipinski definition) is 6. The Hall–Kier alpha value is -3.82. The first-order valence-electron chi connectivity index (χ1n) is 11.6. The van der Waals surface area contributed by atoms with Crippen LogP contribution in [0.3, 0.4) is 0 Å². The number of nitrogens with zero attached hydrogens (tertiary/aromatic N) is 3. The van der Waals surface area contributed by atoms with E-state index in [0.717, 1.165) is 17.7 Å². The van der Waals surface area contributed by atoms with Crippen LogP contribution in [0.15, 0.2) is 54.9 Å². The van der Waals surface area contributed by atoms with Crippen molar-refractivity contribution < 1.29 is 27.5 Å². The summed E-state index contributed by atoms with van der Waals surface area (Å²) < 4.78 is 45.1. The van der Waals surface area contributed by atoms with Crippen LogP contribution in [-0.2, 0) is 33.5 Å². The number of carbonyl (C=O) groups is 2. The molecule has 0 bridgehead atoms. The molecular weight excluding hydrogens is 473 g/mol. The minimum Gasteiger partial charge on any atom is -0.457 e. The molecule has 4 rings (SSSR count). The van der Waals surface area contributed by atoms with Gasteiger partial charge in [-0.15, -0.1) is 0 Å². The number of halogens is 3. The van der Waals surface area contributed by atoms with E-state index in [4.69, 9.17) is 4.74 Å². The van der Waals surface area contributed by atoms with E-state index in [1.54, 1.807) is 24.5 Å². The van der Waals surface area contributed by atoms with Crippen molar-refractivity contribution in [1.82, 2.24) is 20.5 Å². The van der Waals surface area contributed by atoms with Crippen molar-refractivity contribution in [2.75, 3.05) is 0 Å². The number of ether oxygens (including phenoxy) is 1. The highest BCUT2D eigenvalue weighted by atomic mass is 19.4. The summed E-state index contributed by atoms with van der Waals surface area (Å²) in [6, 6.07) is 10.1. The Labute approximate surface area is 206 Å². The number of pyridine rings is 1. The molecule has 2 atom stereocenters. The molecule has 0 saturated heterocycles. The van der Waals surface area contributed by atoms with Crippen molar-refractivity contribution in [1.29, 1.82) is 0 Å². The third-order valence-corrected chi connectivity index (χ3v) is 5.94. The van der Waals surface area contributed by atoms with Gasteiger partial charge in [0.25, 0.3) is 0 Å². The van der Waals surface area contributed by atoms with Gasteiger partial charge < -0.3 is 10.1 Å². The van der Waals surface area contributed by atoms with Crippen LogP contribution in [0.4, 0.5) is 13.2 Å². The summed E-state index contributed by atoms with van der Waals surface area (Å²) in [4.78, 5) is 28.7. The summed E-state index contributed by atoms with van der Waals surface area (Å²) >= 11 is 0. The lowest BCUT2D eigenvalue weighted by Crippen LogP contribution is -2.25. The number of benzene rings is 1. The van der Waals surface area contributed by atoms with Crippen LogP contribution >= 0.6 is 0 Å². The zero-order valence-electron chi connectivity index (χ0n) is 19.6. The predicted molar refractivity (Wildman–Crippen MR) is 124 cm³/mol. The number of amides is 1. The Bertz CT molecular complexity index is 1230. The van der Waals surface area contributed by atoms with E-state index in [1.807, 2.05) is 13.0 Å². The van der Waals surface area contributed by atoms with Gasteiger partial charge in [0.2, 0.25) is 5.91 Å². The average molecular weight is 499 g/mol. The molecule has 2 heterocycles. The van der Waals surface area contributed by atoms with Gasteiger partial charge in [-0.2, -0.15) is 23.4 Å². The fourth-order valence-electron chi connectivity index (χ4n) is 4.11. The molecule has 1 aliphatic rings. The Morgan fingerprint density at radius 1 is 1.11 bits per heavy atom. The molecule has 2 aromatic heterocycles. The molecule has 0 aliphatic heterocycles. The second kappa shape index (κ2) is 10.8. The van der Waals surface area contributed by atoms with E-state index >= 15 is 0 Å². The maximum absolute atomic E-state index is 13.1. The lowest BCUT2D eigenvalue weighted by atomic mass is 9.85. The number of carbonyl (C=O) groups excluding carboxylic acids is 2. The zero-order valence-corrected chi connectivity index (χ0v) is 19.6. The Kier molecular flexibility index (Phi) is 7.61. The molecule has 0 radical (unpaired) electrons. The van der Waals surface area contributed by atoms with Gasteiger partial charge >= 0.3 is 12.1 Å². The monoisotopic (exact) mass is 498 g/mol. The van der Waals surface area contributed by atoms with E-state index in [-0.39, 0.29) is 35.9 Å². The lowest BCUT2D eigenvalue weighted by Gasteiger charge is -2.28. The van der Waals surface area contributed by atoms with Gasteiger partial charge in [-0.3, -0.25) is 14.6 Å². The largest absolute Gasteiger partial charge is 0.457 e. The van der Waals surface area contributed by atoms with E-state index in [1.165, 1.54) is 12.1 Å². The number of nitrogens with one attached hydrogen (secondary N) is 1. The molecule has 0 spiro atoms. The lowest BCUT2D eigenvalue weighted by molar-refractivity contribution is -0.151. The number of alkyl halides is 3. The van der Waals surface area contributed by atoms with E-state index < -0.39 is 23.8 Å². The molecule has 0 saturated carbocycles. The van der Waals surface area contributed by atoms with E-state index in [9.17, 15) is 22.8 Å². The van der Waals surface area contributed by atoms with Crippen molar-refractivity contribution in [3.05, 3.63) is 77.2 Å². The van der Waals surface area contributed by atoms with Gasteiger partial charge in [-0.25, -0.2) is 0 Å². The summed E-state index contributed by atoms with van der Waals surface area (Å²) in [6.07, 6.45) is -0.775. The van der Waals surface area contributed by atoms with Crippen LogP contribution in [0.25, 0.3) is 11.3 Å².